The number of carbonyl (C=O) groups is 2. The lowest BCUT2D eigenvalue weighted by Gasteiger charge is -2.36. The van der Waals surface area contributed by atoms with Crippen molar-refractivity contribution in [3.8, 4) is 0 Å². The maximum Gasteiger partial charge on any atom is 0.289 e. The summed E-state index contributed by atoms with van der Waals surface area (Å²) in [5.74, 6) is 0.0279. The van der Waals surface area contributed by atoms with E-state index in [0.717, 1.165) is 12.8 Å². The Balaban J connectivity index is 1.68. The Hall–Kier alpha value is -1.86. The van der Waals surface area contributed by atoms with E-state index in [4.69, 9.17) is 13.9 Å². The van der Waals surface area contributed by atoms with Gasteiger partial charge in [0.15, 0.2) is 11.5 Å². The van der Waals surface area contributed by atoms with Crippen LogP contribution in [0.4, 0.5) is 0 Å². The van der Waals surface area contributed by atoms with E-state index in [1.54, 1.807) is 21.9 Å². The van der Waals surface area contributed by atoms with E-state index in [9.17, 15) is 9.59 Å². The Labute approximate surface area is 160 Å². The second kappa shape index (κ2) is 8.44. The molecule has 3 heterocycles. The lowest BCUT2D eigenvalue weighted by atomic mass is 10.1. The van der Waals surface area contributed by atoms with Crippen molar-refractivity contribution in [1.82, 2.24) is 9.80 Å². The summed E-state index contributed by atoms with van der Waals surface area (Å²) >= 11 is 0. The minimum atomic E-state index is -0.190. The third-order valence-electron chi connectivity index (χ3n) is 5.17. The van der Waals surface area contributed by atoms with Gasteiger partial charge in [-0.2, -0.15) is 0 Å². The zero-order chi connectivity index (χ0) is 19.6. The highest BCUT2D eigenvalue weighted by Crippen LogP contribution is 2.20. The summed E-state index contributed by atoms with van der Waals surface area (Å²) < 4.78 is 17.3. The van der Waals surface area contributed by atoms with E-state index in [1.807, 2.05) is 27.7 Å². The number of ether oxygens (including phenoxy) is 2. The molecule has 0 bridgehead atoms. The van der Waals surface area contributed by atoms with Crippen molar-refractivity contribution in [2.45, 2.75) is 65.0 Å². The number of hydrogen-bond donors (Lipinski definition) is 0. The maximum absolute atomic E-state index is 12.8. The Morgan fingerprint density at radius 2 is 1.26 bits per heavy atom. The van der Waals surface area contributed by atoms with Gasteiger partial charge in [-0.05, 0) is 38.8 Å². The van der Waals surface area contributed by atoms with E-state index >= 15 is 0 Å². The first-order valence-electron chi connectivity index (χ1n) is 9.90. The number of hydrogen-bond acceptors (Lipinski definition) is 5. The van der Waals surface area contributed by atoms with Crippen LogP contribution in [0, 0.1) is 0 Å². The van der Waals surface area contributed by atoms with Gasteiger partial charge in [0, 0.05) is 26.2 Å². The van der Waals surface area contributed by atoms with Crippen LogP contribution in [0.15, 0.2) is 16.5 Å². The number of rotatable bonds is 4. The quantitative estimate of drug-likeness (QED) is 0.805. The van der Waals surface area contributed by atoms with Crippen molar-refractivity contribution < 1.29 is 23.5 Å². The van der Waals surface area contributed by atoms with Crippen LogP contribution in [0.3, 0.4) is 0 Å². The summed E-state index contributed by atoms with van der Waals surface area (Å²) in [5.41, 5.74) is 0. The molecular weight excluding hydrogens is 348 g/mol. The minimum Gasteiger partial charge on any atom is -0.446 e. The van der Waals surface area contributed by atoms with E-state index in [1.165, 1.54) is 0 Å². The molecule has 1 aromatic rings. The molecule has 0 aliphatic carbocycles. The van der Waals surface area contributed by atoms with Crippen LogP contribution >= 0.6 is 0 Å². The smallest absolute Gasteiger partial charge is 0.289 e. The Morgan fingerprint density at radius 1 is 0.852 bits per heavy atom. The zero-order valence-corrected chi connectivity index (χ0v) is 16.6. The molecule has 0 unspecified atom stereocenters. The predicted octanol–water partition coefficient (Wildman–Crippen LogP) is 2.56. The highest BCUT2D eigenvalue weighted by atomic mass is 16.5. The summed E-state index contributed by atoms with van der Waals surface area (Å²) in [6.45, 7) is 10.2. The standard InChI is InChI=1S/C20H30N2O5/c1-5-15-11-21(9-13(3)25-15)19(23)17-7-8-18(27-17)20(24)22-10-14(4)26-16(6-2)12-22/h7-8,13-16H,5-6,9-12H2,1-4H3/t13-,14-,15-,16+/m0/s1. The van der Waals surface area contributed by atoms with Crippen molar-refractivity contribution in [3.63, 3.8) is 0 Å². The van der Waals surface area contributed by atoms with Gasteiger partial charge in [-0.25, -0.2) is 0 Å². The summed E-state index contributed by atoms with van der Waals surface area (Å²) in [6.07, 6.45) is 1.76. The van der Waals surface area contributed by atoms with Gasteiger partial charge in [0.2, 0.25) is 0 Å². The summed E-state index contributed by atoms with van der Waals surface area (Å²) in [7, 11) is 0. The molecule has 0 N–H and O–H groups in total. The van der Waals surface area contributed by atoms with Crippen molar-refractivity contribution in [3.05, 3.63) is 23.7 Å². The van der Waals surface area contributed by atoms with Crippen molar-refractivity contribution in [2.75, 3.05) is 26.2 Å². The fraction of sp³-hybridized carbons (Fsp3) is 0.700. The molecule has 1 aromatic heterocycles. The average molecular weight is 378 g/mol. The van der Waals surface area contributed by atoms with Gasteiger partial charge < -0.3 is 23.7 Å². The summed E-state index contributed by atoms with van der Waals surface area (Å²) in [4.78, 5) is 29.1. The van der Waals surface area contributed by atoms with Crippen molar-refractivity contribution in [1.29, 1.82) is 0 Å². The Bertz CT molecular complexity index is 619. The predicted molar refractivity (Wildman–Crippen MR) is 99.8 cm³/mol. The molecule has 2 aliphatic heterocycles. The first-order chi connectivity index (χ1) is 12.9. The summed E-state index contributed by atoms with van der Waals surface area (Å²) in [6, 6.07) is 3.19. The van der Waals surface area contributed by atoms with Crippen LogP contribution in [0.2, 0.25) is 0 Å². The largest absolute Gasteiger partial charge is 0.446 e. The van der Waals surface area contributed by atoms with Crippen LogP contribution in [-0.4, -0.2) is 72.2 Å². The Morgan fingerprint density at radius 3 is 1.63 bits per heavy atom. The molecule has 150 valence electrons. The molecule has 7 heteroatoms. The van der Waals surface area contributed by atoms with Gasteiger partial charge in [-0.1, -0.05) is 13.8 Å². The van der Waals surface area contributed by atoms with Crippen LogP contribution < -0.4 is 0 Å². The topological polar surface area (TPSA) is 72.2 Å². The minimum absolute atomic E-state index is 0.00970. The molecule has 7 nitrogen and oxygen atoms in total. The molecule has 2 amide bonds. The number of carbonyl (C=O) groups excluding carboxylic acids is 2. The maximum atomic E-state index is 12.8. The van der Waals surface area contributed by atoms with Crippen LogP contribution in [0.5, 0.6) is 0 Å². The van der Waals surface area contributed by atoms with Gasteiger partial charge in [-0.3, -0.25) is 9.59 Å². The first-order valence-corrected chi connectivity index (χ1v) is 9.90. The molecule has 0 spiro atoms. The monoisotopic (exact) mass is 378 g/mol. The van der Waals surface area contributed by atoms with E-state index < -0.39 is 0 Å². The number of furan rings is 1. The number of morpholine rings is 2. The second-order valence-electron chi connectivity index (χ2n) is 7.54. The lowest BCUT2D eigenvalue weighted by molar-refractivity contribution is -0.0693. The van der Waals surface area contributed by atoms with Gasteiger partial charge >= 0.3 is 0 Å². The van der Waals surface area contributed by atoms with Gasteiger partial charge in [0.05, 0.1) is 24.4 Å². The van der Waals surface area contributed by atoms with Gasteiger partial charge in [-0.15, -0.1) is 0 Å². The van der Waals surface area contributed by atoms with E-state index in [-0.39, 0.29) is 47.8 Å². The van der Waals surface area contributed by atoms with Crippen molar-refractivity contribution in [2.24, 2.45) is 0 Å². The lowest BCUT2D eigenvalue weighted by Crippen LogP contribution is -2.49. The van der Waals surface area contributed by atoms with Crippen LogP contribution in [-0.2, 0) is 9.47 Å². The van der Waals surface area contributed by atoms with E-state index in [0.29, 0.717) is 26.2 Å². The highest BCUT2D eigenvalue weighted by molar-refractivity contribution is 5.95. The molecule has 3 rings (SSSR count). The molecular formula is C20H30N2O5. The Kier molecular flexibility index (Phi) is 6.22. The molecule has 0 aromatic carbocycles. The second-order valence-corrected chi connectivity index (χ2v) is 7.54. The zero-order valence-electron chi connectivity index (χ0n) is 16.6. The van der Waals surface area contributed by atoms with E-state index in [2.05, 4.69) is 0 Å². The van der Waals surface area contributed by atoms with Crippen LogP contribution in [0.1, 0.15) is 61.6 Å². The summed E-state index contributed by atoms with van der Waals surface area (Å²) in [5, 5.41) is 0. The molecule has 2 aliphatic rings. The molecule has 2 fully saturated rings. The van der Waals surface area contributed by atoms with Gasteiger partial charge in [0.25, 0.3) is 11.8 Å². The number of amides is 2. The average Bonchev–Trinajstić information content (AvgIpc) is 3.15. The molecule has 0 radical (unpaired) electrons. The van der Waals surface area contributed by atoms with Crippen LogP contribution in [0.25, 0.3) is 0 Å². The molecule has 4 atom stereocenters. The first kappa shape index (κ1) is 19.9. The van der Waals surface area contributed by atoms with Crippen molar-refractivity contribution >= 4 is 11.8 Å². The molecule has 2 saturated heterocycles. The fourth-order valence-corrected chi connectivity index (χ4v) is 3.75. The molecule has 27 heavy (non-hydrogen) atoms. The van der Waals surface area contributed by atoms with Gasteiger partial charge in [0.1, 0.15) is 0 Å². The fourth-order valence-electron chi connectivity index (χ4n) is 3.75. The SMILES string of the molecule is CC[C@@H]1CN(C(=O)c2ccc(C(=O)N3C[C@H](CC)O[C@@H](C)C3)o2)C[C@H](C)O1. The third kappa shape index (κ3) is 4.52. The normalized spacial score (nSPS) is 29.0. The third-order valence-corrected chi connectivity index (χ3v) is 5.17. The highest BCUT2D eigenvalue weighted by Gasteiger charge is 2.32. The number of nitrogens with zero attached hydrogens (tertiary/aromatic N) is 2. The molecule has 0 saturated carbocycles.